The fourth-order valence-corrected chi connectivity index (χ4v) is 2.49. The van der Waals surface area contributed by atoms with Crippen molar-refractivity contribution in [1.29, 1.82) is 0 Å². The van der Waals surface area contributed by atoms with Gasteiger partial charge in [0.15, 0.2) is 5.69 Å². The second-order valence-corrected chi connectivity index (χ2v) is 4.95. The van der Waals surface area contributed by atoms with Crippen LogP contribution in [0, 0.1) is 0 Å². The fraction of sp³-hybridized carbons (Fsp3) is 0.429. The van der Waals surface area contributed by atoms with Crippen molar-refractivity contribution in [2.75, 3.05) is 20.3 Å². The van der Waals surface area contributed by atoms with Crippen LogP contribution < -0.4 is 10.6 Å². The number of aromatic nitrogens is 2. The zero-order valence-corrected chi connectivity index (χ0v) is 13.0. The summed E-state index contributed by atoms with van der Waals surface area (Å²) in [5, 5.41) is 13.2. The van der Waals surface area contributed by atoms with E-state index in [1.54, 1.807) is 19.4 Å². The molecule has 1 unspecified atom stereocenters. The van der Waals surface area contributed by atoms with E-state index < -0.39 is 0 Å². The molecule has 1 atom stereocenters. The van der Waals surface area contributed by atoms with Gasteiger partial charge in [-0.1, -0.05) is 0 Å². The summed E-state index contributed by atoms with van der Waals surface area (Å²) in [6, 6.07) is 3.26. The number of H-pyrrole nitrogens is 1. The number of halogens is 1. The van der Waals surface area contributed by atoms with Gasteiger partial charge >= 0.3 is 0 Å². The highest BCUT2D eigenvalue weighted by atomic mass is 35.5. The molecule has 2 aromatic rings. The van der Waals surface area contributed by atoms with Crippen LogP contribution in [0.3, 0.4) is 0 Å². The lowest BCUT2D eigenvalue weighted by Crippen LogP contribution is -2.33. The van der Waals surface area contributed by atoms with Crippen LogP contribution in [0.2, 0.25) is 0 Å². The Morgan fingerprint density at radius 1 is 1.59 bits per heavy atom. The lowest BCUT2D eigenvalue weighted by Gasteiger charge is -2.16. The monoisotopic (exact) mass is 326 g/mol. The van der Waals surface area contributed by atoms with Crippen LogP contribution in [0.1, 0.15) is 33.5 Å². The van der Waals surface area contributed by atoms with E-state index in [0.29, 0.717) is 24.6 Å². The van der Waals surface area contributed by atoms with E-state index in [4.69, 9.17) is 9.15 Å². The van der Waals surface area contributed by atoms with Crippen molar-refractivity contribution in [2.45, 2.75) is 19.0 Å². The highest BCUT2D eigenvalue weighted by Gasteiger charge is 2.24. The van der Waals surface area contributed by atoms with Crippen LogP contribution in [0.25, 0.3) is 0 Å². The second kappa shape index (κ2) is 7.44. The van der Waals surface area contributed by atoms with E-state index in [-0.39, 0.29) is 24.4 Å². The van der Waals surface area contributed by atoms with E-state index >= 15 is 0 Å². The molecule has 0 saturated heterocycles. The zero-order chi connectivity index (χ0) is 14.7. The van der Waals surface area contributed by atoms with E-state index in [1.807, 2.05) is 6.07 Å². The summed E-state index contributed by atoms with van der Waals surface area (Å²) in [4.78, 5) is 12.4. The zero-order valence-electron chi connectivity index (χ0n) is 12.2. The molecule has 1 aliphatic rings. The molecule has 0 aromatic carbocycles. The van der Waals surface area contributed by atoms with Gasteiger partial charge in [0, 0.05) is 37.9 Å². The van der Waals surface area contributed by atoms with Gasteiger partial charge in [-0.15, -0.1) is 12.4 Å². The molecule has 3 N–H and O–H groups in total. The Balaban J connectivity index is 0.00000176. The molecule has 0 spiro atoms. The Hall–Kier alpha value is -1.83. The third kappa shape index (κ3) is 3.32. The normalized spacial score (nSPS) is 14.8. The number of fused-ring (bicyclic) bond motifs is 1. The van der Waals surface area contributed by atoms with Gasteiger partial charge in [-0.05, 0) is 12.1 Å². The second-order valence-electron chi connectivity index (χ2n) is 4.95. The summed E-state index contributed by atoms with van der Waals surface area (Å²) in [5.41, 5.74) is 2.40. The summed E-state index contributed by atoms with van der Waals surface area (Å²) in [6.07, 6.45) is 2.43. The molecule has 0 aliphatic carbocycles. The van der Waals surface area contributed by atoms with Crippen LogP contribution in [-0.4, -0.2) is 36.4 Å². The largest absolute Gasteiger partial charge is 0.467 e. The van der Waals surface area contributed by atoms with Gasteiger partial charge < -0.3 is 19.8 Å². The number of ether oxygens (including phenoxy) is 1. The number of furan rings is 1. The summed E-state index contributed by atoms with van der Waals surface area (Å²) in [5.74, 6) is 0.433. The number of amides is 1. The van der Waals surface area contributed by atoms with Gasteiger partial charge in [0.25, 0.3) is 5.91 Å². The number of methoxy groups -OCH3 is 1. The smallest absolute Gasteiger partial charge is 0.272 e. The molecule has 8 heteroatoms. The molecule has 3 rings (SSSR count). The minimum atomic E-state index is -0.332. The van der Waals surface area contributed by atoms with Gasteiger partial charge in [0.05, 0.1) is 12.9 Å². The summed E-state index contributed by atoms with van der Waals surface area (Å²) in [6.45, 7) is 1.89. The molecular weight excluding hydrogens is 308 g/mol. The van der Waals surface area contributed by atoms with Crippen LogP contribution in [0.5, 0.6) is 0 Å². The molecule has 0 bridgehead atoms. The van der Waals surface area contributed by atoms with E-state index in [9.17, 15) is 4.79 Å². The molecule has 3 heterocycles. The van der Waals surface area contributed by atoms with Gasteiger partial charge in [-0.2, -0.15) is 5.10 Å². The average molecular weight is 327 g/mol. The number of aromatic amines is 1. The third-order valence-electron chi connectivity index (χ3n) is 3.55. The number of rotatable bonds is 5. The summed E-state index contributed by atoms with van der Waals surface area (Å²) >= 11 is 0. The third-order valence-corrected chi connectivity index (χ3v) is 3.55. The highest BCUT2D eigenvalue weighted by molar-refractivity contribution is 5.94. The Morgan fingerprint density at radius 2 is 2.45 bits per heavy atom. The SMILES string of the molecule is COCC(NC(=O)c1n[nH]c2c1CNCC2)c1ccco1.Cl. The van der Waals surface area contributed by atoms with E-state index in [1.165, 1.54) is 0 Å². The van der Waals surface area contributed by atoms with Crippen molar-refractivity contribution in [3.05, 3.63) is 41.1 Å². The van der Waals surface area contributed by atoms with Gasteiger partial charge in [-0.25, -0.2) is 0 Å². The van der Waals surface area contributed by atoms with Crippen LogP contribution in [-0.2, 0) is 17.7 Å². The van der Waals surface area contributed by atoms with Crippen LogP contribution >= 0.6 is 12.4 Å². The molecule has 22 heavy (non-hydrogen) atoms. The van der Waals surface area contributed by atoms with Crippen molar-refractivity contribution in [3.8, 4) is 0 Å². The predicted molar refractivity (Wildman–Crippen MR) is 82.0 cm³/mol. The van der Waals surface area contributed by atoms with Gasteiger partial charge in [-0.3, -0.25) is 9.89 Å². The number of hydrogen-bond donors (Lipinski definition) is 3. The fourth-order valence-electron chi connectivity index (χ4n) is 2.49. The lowest BCUT2D eigenvalue weighted by atomic mass is 10.1. The number of carbonyl (C=O) groups excluding carboxylic acids is 1. The quantitative estimate of drug-likeness (QED) is 0.767. The maximum absolute atomic E-state index is 12.4. The average Bonchev–Trinajstić information content (AvgIpc) is 3.16. The Labute approximate surface area is 134 Å². The highest BCUT2D eigenvalue weighted by Crippen LogP contribution is 2.18. The number of nitrogens with one attached hydrogen (secondary N) is 3. The van der Waals surface area contributed by atoms with Crippen molar-refractivity contribution in [1.82, 2.24) is 20.8 Å². The van der Waals surface area contributed by atoms with Crippen molar-refractivity contribution >= 4 is 18.3 Å². The number of nitrogens with zero attached hydrogens (tertiary/aromatic N) is 1. The van der Waals surface area contributed by atoms with E-state index in [2.05, 4.69) is 20.8 Å². The number of hydrogen-bond acceptors (Lipinski definition) is 5. The molecule has 0 saturated carbocycles. The standard InChI is InChI=1S/C14H18N4O3.ClH/c1-20-8-11(12-3-2-6-21-12)16-14(19)13-9-7-15-5-4-10(9)17-18-13;/h2-3,6,11,15H,4-5,7-8H2,1H3,(H,16,19)(H,17,18);1H. The molecule has 7 nitrogen and oxygen atoms in total. The Bertz CT molecular complexity index is 612. The Morgan fingerprint density at radius 3 is 3.18 bits per heavy atom. The van der Waals surface area contributed by atoms with Crippen LogP contribution in [0.15, 0.2) is 22.8 Å². The molecule has 120 valence electrons. The van der Waals surface area contributed by atoms with Gasteiger partial charge in [0.2, 0.25) is 0 Å². The van der Waals surface area contributed by atoms with Crippen molar-refractivity contribution in [2.24, 2.45) is 0 Å². The van der Waals surface area contributed by atoms with E-state index in [0.717, 1.165) is 24.2 Å². The summed E-state index contributed by atoms with van der Waals surface area (Å²) in [7, 11) is 1.59. The Kier molecular flexibility index (Phi) is 5.59. The van der Waals surface area contributed by atoms with Crippen molar-refractivity contribution < 1.29 is 13.9 Å². The minimum absolute atomic E-state index is 0. The maximum Gasteiger partial charge on any atom is 0.272 e. The minimum Gasteiger partial charge on any atom is -0.467 e. The van der Waals surface area contributed by atoms with Crippen molar-refractivity contribution in [3.63, 3.8) is 0 Å². The molecular formula is C14H19ClN4O3. The molecule has 1 amide bonds. The summed E-state index contributed by atoms with van der Waals surface area (Å²) < 4.78 is 10.5. The predicted octanol–water partition coefficient (Wildman–Crippen LogP) is 1.19. The lowest BCUT2D eigenvalue weighted by molar-refractivity contribution is 0.0877. The topological polar surface area (TPSA) is 92.2 Å². The molecule has 1 aliphatic heterocycles. The van der Waals surface area contributed by atoms with Gasteiger partial charge in [0.1, 0.15) is 11.8 Å². The maximum atomic E-state index is 12.4. The molecule has 0 fully saturated rings. The molecule has 0 radical (unpaired) electrons. The molecule has 2 aromatic heterocycles. The first-order chi connectivity index (χ1) is 10.3. The first-order valence-corrected chi connectivity index (χ1v) is 6.89. The van der Waals surface area contributed by atoms with Crippen LogP contribution in [0.4, 0.5) is 0 Å². The number of carbonyl (C=O) groups is 1. The first-order valence-electron chi connectivity index (χ1n) is 6.89. The first kappa shape index (κ1) is 16.5.